The standard InChI is InChI=1S/C40H65N5O8/c1-10-26(4)34(44(7)37(48)33(25(2)3)43-39(51)40(6)20-14-15-21-41-40)31(52-8)24-32(46)45-22-16-19-30(45)35(53-9)27(5)36(47)42-29(38(49)50)23-28-17-12-11-13-18-28/h11-13,17-18,25-27,29-31,33-35,41H,10,14-16,19-24H2,1-9H3,(H,42,47)(H,43,51)(H,49,50)/t26-,27?,29?,30-,31+,33-,34-,35+,40+/m0/s1. The van der Waals surface area contributed by atoms with E-state index >= 15 is 0 Å². The molecule has 0 bridgehead atoms. The number of benzene rings is 1. The number of hydrogen-bond donors (Lipinski definition) is 4. The molecule has 298 valence electrons. The SMILES string of the molecule is CC[C@H](C)[C@@H]([C@@H](CC(=O)N1CCC[C@H]1[C@H](OC)C(C)C(=O)NC(Cc1ccccc1)C(=O)O)OC)N(C)C(=O)[C@@H](NC(=O)[C@@]1(C)CCCCN1)C(C)C. The van der Waals surface area contributed by atoms with Crippen LogP contribution in [0.4, 0.5) is 0 Å². The fraction of sp³-hybridized carbons (Fsp3) is 0.725. The Hall–Kier alpha value is -3.55. The number of carboxylic acids is 1. The Morgan fingerprint density at radius 3 is 2.25 bits per heavy atom. The number of rotatable bonds is 19. The summed E-state index contributed by atoms with van der Waals surface area (Å²) in [6.45, 7) is 12.7. The van der Waals surface area contributed by atoms with Crippen molar-refractivity contribution in [2.24, 2.45) is 17.8 Å². The molecule has 2 aliphatic heterocycles. The van der Waals surface area contributed by atoms with Crippen molar-refractivity contribution >= 4 is 29.6 Å². The predicted molar refractivity (Wildman–Crippen MR) is 203 cm³/mol. The molecule has 1 aromatic rings. The zero-order valence-corrected chi connectivity index (χ0v) is 33.4. The molecule has 0 radical (unpaired) electrons. The monoisotopic (exact) mass is 743 g/mol. The molecule has 2 unspecified atom stereocenters. The number of likely N-dealkylation sites (tertiary alicyclic amines) is 1. The van der Waals surface area contributed by atoms with Gasteiger partial charge in [0.1, 0.15) is 12.1 Å². The molecule has 0 aromatic heterocycles. The molecule has 9 atom stereocenters. The molecule has 4 amide bonds. The first-order chi connectivity index (χ1) is 25.1. The number of nitrogens with one attached hydrogen (secondary N) is 3. The van der Waals surface area contributed by atoms with Crippen molar-refractivity contribution in [1.29, 1.82) is 0 Å². The number of nitrogens with zero attached hydrogens (tertiary/aromatic N) is 2. The van der Waals surface area contributed by atoms with Gasteiger partial charge in [-0.1, -0.05) is 71.4 Å². The predicted octanol–water partition coefficient (Wildman–Crippen LogP) is 3.39. The van der Waals surface area contributed by atoms with Gasteiger partial charge >= 0.3 is 5.97 Å². The third-order valence-electron chi connectivity index (χ3n) is 11.5. The Bertz CT molecular complexity index is 1370. The summed E-state index contributed by atoms with van der Waals surface area (Å²) in [6.07, 6.45) is 3.49. The van der Waals surface area contributed by atoms with Gasteiger partial charge < -0.3 is 40.3 Å². The molecule has 2 heterocycles. The molecule has 3 rings (SSSR count). The molecule has 1 aromatic carbocycles. The minimum atomic E-state index is -1.14. The van der Waals surface area contributed by atoms with Crippen molar-refractivity contribution in [3.8, 4) is 0 Å². The maximum Gasteiger partial charge on any atom is 0.326 e. The normalized spacial score (nSPS) is 22.9. The Kier molecular flexibility index (Phi) is 16.7. The van der Waals surface area contributed by atoms with E-state index in [9.17, 15) is 29.1 Å². The summed E-state index contributed by atoms with van der Waals surface area (Å²) < 4.78 is 11.9. The van der Waals surface area contributed by atoms with E-state index in [1.807, 2.05) is 65.0 Å². The number of methoxy groups -OCH3 is 2. The van der Waals surface area contributed by atoms with Crippen LogP contribution in [0.15, 0.2) is 30.3 Å². The number of carbonyl (C=O) groups excluding carboxylic acids is 4. The summed E-state index contributed by atoms with van der Waals surface area (Å²) in [7, 11) is 4.77. The quantitative estimate of drug-likeness (QED) is 0.166. The smallest absolute Gasteiger partial charge is 0.326 e. The highest BCUT2D eigenvalue weighted by Crippen LogP contribution is 2.30. The highest BCUT2D eigenvalue weighted by molar-refractivity contribution is 5.92. The summed E-state index contributed by atoms with van der Waals surface area (Å²) in [4.78, 5) is 70.8. The van der Waals surface area contributed by atoms with Crippen LogP contribution in [0.25, 0.3) is 0 Å². The van der Waals surface area contributed by atoms with Crippen molar-refractivity contribution < 1.29 is 38.6 Å². The van der Waals surface area contributed by atoms with E-state index in [1.54, 1.807) is 30.9 Å². The van der Waals surface area contributed by atoms with Gasteiger partial charge in [0.25, 0.3) is 0 Å². The van der Waals surface area contributed by atoms with Crippen LogP contribution in [-0.2, 0) is 39.9 Å². The number of piperidine rings is 1. The van der Waals surface area contributed by atoms with E-state index in [0.29, 0.717) is 25.8 Å². The van der Waals surface area contributed by atoms with E-state index in [-0.39, 0.29) is 42.4 Å². The van der Waals surface area contributed by atoms with Crippen LogP contribution in [0.3, 0.4) is 0 Å². The minimum absolute atomic E-state index is 0.00447. The van der Waals surface area contributed by atoms with Crippen LogP contribution < -0.4 is 16.0 Å². The van der Waals surface area contributed by atoms with Crippen molar-refractivity contribution in [1.82, 2.24) is 25.8 Å². The van der Waals surface area contributed by atoms with Gasteiger partial charge in [-0.25, -0.2) is 4.79 Å². The highest BCUT2D eigenvalue weighted by Gasteiger charge is 2.44. The summed E-state index contributed by atoms with van der Waals surface area (Å²) in [6, 6.07) is 6.34. The largest absolute Gasteiger partial charge is 0.480 e. The summed E-state index contributed by atoms with van der Waals surface area (Å²) >= 11 is 0. The van der Waals surface area contributed by atoms with E-state index < -0.39 is 59.7 Å². The van der Waals surface area contributed by atoms with Gasteiger partial charge in [-0.05, 0) is 63.0 Å². The van der Waals surface area contributed by atoms with Crippen molar-refractivity contribution in [3.63, 3.8) is 0 Å². The van der Waals surface area contributed by atoms with Gasteiger partial charge in [0, 0.05) is 34.2 Å². The first-order valence-electron chi connectivity index (χ1n) is 19.3. The number of amides is 4. The fourth-order valence-corrected chi connectivity index (χ4v) is 7.94. The Balaban J connectivity index is 1.76. The zero-order valence-electron chi connectivity index (χ0n) is 33.4. The van der Waals surface area contributed by atoms with Crippen molar-refractivity contribution in [3.05, 3.63) is 35.9 Å². The zero-order chi connectivity index (χ0) is 39.5. The second-order valence-electron chi connectivity index (χ2n) is 15.6. The maximum absolute atomic E-state index is 14.2. The Labute approximate surface area is 316 Å². The van der Waals surface area contributed by atoms with Crippen molar-refractivity contribution in [2.75, 3.05) is 34.4 Å². The molecule has 4 N–H and O–H groups in total. The lowest BCUT2D eigenvalue weighted by molar-refractivity contribution is -0.148. The van der Waals surface area contributed by atoms with E-state index in [2.05, 4.69) is 16.0 Å². The molecule has 2 saturated heterocycles. The number of hydrogen-bond acceptors (Lipinski definition) is 8. The lowest BCUT2D eigenvalue weighted by Gasteiger charge is -2.41. The van der Waals surface area contributed by atoms with Crippen LogP contribution in [0.5, 0.6) is 0 Å². The number of carbonyl (C=O) groups is 5. The third kappa shape index (κ3) is 11.2. The fourth-order valence-electron chi connectivity index (χ4n) is 7.94. The van der Waals surface area contributed by atoms with Gasteiger partial charge in [0.15, 0.2) is 0 Å². The van der Waals surface area contributed by atoms with Crippen LogP contribution in [0.1, 0.15) is 92.1 Å². The Morgan fingerprint density at radius 2 is 1.70 bits per heavy atom. The minimum Gasteiger partial charge on any atom is -0.480 e. The first kappa shape index (κ1) is 43.9. The van der Waals surface area contributed by atoms with Crippen molar-refractivity contribution in [2.45, 2.75) is 135 Å². The van der Waals surface area contributed by atoms with Crippen LogP contribution in [0, 0.1) is 17.8 Å². The van der Waals surface area contributed by atoms with E-state index in [1.165, 1.54) is 7.11 Å². The average Bonchev–Trinajstić information content (AvgIpc) is 3.63. The van der Waals surface area contributed by atoms with E-state index in [4.69, 9.17) is 9.47 Å². The van der Waals surface area contributed by atoms with Gasteiger partial charge in [-0.3, -0.25) is 19.2 Å². The molecule has 0 spiro atoms. The number of ether oxygens (including phenoxy) is 2. The molecule has 0 aliphatic carbocycles. The first-order valence-corrected chi connectivity index (χ1v) is 19.3. The lowest BCUT2D eigenvalue weighted by Crippen LogP contribution is -2.63. The van der Waals surface area contributed by atoms with Crippen LogP contribution >= 0.6 is 0 Å². The number of carboxylic acid groups (broad SMARTS) is 1. The molecular weight excluding hydrogens is 678 g/mol. The Morgan fingerprint density at radius 1 is 1.02 bits per heavy atom. The number of likely N-dealkylation sites (N-methyl/N-ethyl adjacent to an activating group) is 1. The molecule has 13 heteroatoms. The summed E-state index contributed by atoms with van der Waals surface area (Å²) in [5.74, 6) is -3.18. The number of aliphatic carboxylic acids is 1. The lowest BCUT2D eigenvalue weighted by atomic mass is 9.88. The molecule has 2 fully saturated rings. The topological polar surface area (TPSA) is 167 Å². The molecular formula is C40H65N5O8. The molecule has 53 heavy (non-hydrogen) atoms. The van der Waals surface area contributed by atoms with Crippen LogP contribution in [0.2, 0.25) is 0 Å². The maximum atomic E-state index is 14.2. The summed E-state index contributed by atoms with van der Waals surface area (Å²) in [5.41, 5.74) is 0.0435. The second-order valence-corrected chi connectivity index (χ2v) is 15.6. The van der Waals surface area contributed by atoms with Gasteiger partial charge in [-0.15, -0.1) is 0 Å². The second kappa shape index (κ2) is 20.2. The molecule has 2 aliphatic rings. The van der Waals surface area contributed by atoms with Gasteiger partial charge in [0.2, 0.25) is 23.6 Å². The third-order valence-corrected chi connectivity index (χ3v) is 11.5. The van der Waals surface area contributed by atoms with Crippen LogP contribution in [-0.4, -0.2) is 121 Å². The molecule has 0 saturated carbocycles. The molecule has 13 nitrogen and oxygen atoms in total. The van der Waals surface area contributed by atoms with Gasteiger partial charge in [-0.2, -0.15) is 0 Å². The highest BCUT2D eigenvalue weighted by atomic mass is 16.5. The van der Waals surface area contributed by atoms with Gasteiger partial charge in [0.05, 0.1) is 42.2 Å². The van der Waals surface area contributed by atoms with E-state index in [0.717, 1.165) is 31.4 Å². The summed E-state index contributed by atoms with van der Waals surface area (Å²) in [5, 5.41) is 18.9. The average molecular weight is 744 g/mol.